The van der Waals surface area contributed by atoms with E-state index < -0.39 is 10.0 Å². The topological polar surface area (TPSA) is 87.3 Å². The third-order valence-corrected chi connectivity index (χ3v) is 6.23. The summed E-state index contributed by atoms with van der Waals surface area (Å²) in [4.78, 5) is 12.6. The highest BCUT2D eigenvalue weighted by Gasteiger charge is 2.18. The standard InChI is InChI=1S/C20H25N3O3S.ClH/c1-14-3-4-15(2)19(13-14)27(25,26)23-18-7-5-16(6-8-18)20(24)22-17-9-11-21-12-10-17;/h3-8,13,17,21,23H,9-12H2,1-2H3,(H,22,24);1H. The predicted molar refractivity (Wildman–Crippen MR) is 114 cm³/mol. The van der Waals surface area contributed by atoms with Crippen LogP contribution in [0.2, 0.25) is 0 Å². The minimum absolute atomic E-state index is 0. The minimum Gasteiger partial charge on any atom is -0.349 e. The molecule has 3 N–H and O–H groups in total. The number of hydrogen-bond donors (Lipinski definition) is 3. The summed E-state index contributed by atoms with van der Waals surface area (Å²) in [7, 11) is -3.68. The summed E-state index contributed by atoms with van der Waals surface area (Å²) in [6.07, 6.45) is 1.83. The van der Waals surface area contributed by atoms with E-state index in [-0.39, 0.29) is 29.3 Å². The van der Waals surface area contributed by atoms with E-state index in [1.165, 1.54) is 0 Å². The van der Waals surface area contributed by atoms with Crippen molar-refractivity contribution in [2.24, 2.45) is 0 Å². The predicted octanol–water partition coefficient (Wildman–Crippen LogP) is 3.01. The van der Waals surface area contributed by atoms with Crippen molar-refractivity contribution in [3.05, 3.63) is 59.2 Å². The molecular weight excluding hydrogens is 398 g/mol. The van der Waals surface area contributed by atoms with Gasteiger partial charge in [-0.25, -0.2) is 8.42 Å². The quantitative estimate of drug-likeness (QED) is 0.689. The summed E-state index contributed by atoms with van der Waals surface area (Å²) in [5.74, 6) is -0.133. The van der Waals surface area contributed by atoms with Crippen LogP contribution >= 0.6 is 12.4 Å². The molecule has 1 heterocycles. The molecule has 0 bridgehead atoms. The Balaban J connectivity index is 0.00000280. The number of halogens is 1. The molecule has 1 amide bonds. The average molecular weight is 424 g/mol. The number of anilines is 1. The molecule has 0 saturated carbocycles. The monoisotopic (exact) mass is 423 g/mol. The second-order valence-electron chi connectivity index (χ2n) is 6.95. The van der Waals surface area contributed by atoms with Gasteiger partial charge in [0.1, 0.15) is 0 Å². The molecular formula is C20H26ClN3O3S. The zero-order valence-corrected chi connectivity index (χ0v) is 17.6. The molecule has 28 heavy (non-hydrogen) atoms. The van der Waals surface area contributed by atoms with Crippen molar-refractivity contribution in [2.45, 2.75) is 37.6 Å². The van der Waals surface area contributed by atoms with E-state index in [2.05, 4.69) is 15.4 Å². The molecule has 0 aromatic heterocycles. The van der Waals surface area contributed by atoms with Crippen molar-refractivity contribution < 1.29 is 13.2 Å². The first-order chi connectivity index (χ1) is 12.8. The first kappa shape index (κ1) is 22.2. The Bertz CT molecular complexity index is 924. The zero-order valence-electron chi connectivity index (χ0n) is 16.0. The van der Waals surface area contributed by atoms with Crippen LogP contribution in [0.25, 0.3) is 0 Å². The van der Waals surface area contributed by atoms with Gasteiger partial charge in [0.05, 0.1) is 4.90 Å². The van der Waals surface area contributed by atoms with Gasteiger partial charge in [-0.05, 0) is 81.2 Å². The smallest absolute Gasteiger partial charge is 0.262 e. The summed E-state index contributed by atoms with van der Waals surface area (Å²) in [5.41, 5.74) is 2.51. The molecule has 0 unspecified atom stereocenters. The van der Waals surface area contributed by atoms with Gasteiger partial charge in [-0.15, -0.1) is 12.4 Å². The summed E-state index contributed by atoms with van der Waals surface area (Å²) in [6.45, 7) is 5.44. The van der Waals surface area contributed by atoms with Crippen LogP contribution in [0.5, 0.6) is 0 Å². The van der Waals surface area contributed by atoms with Crippen LogP contribution in [0.3, 0.4) is 0 Å². The molecule has 2 aromatic rings. The molecule has 8 heteroatoms. The second kappa shape index (κ2) is 9.41. The lowest BCUT2D eigenvalue weighted by atomic mass is 10.1. The molecule has 1 aliphatic heterocycles. The number of hydrogen-bond acceptors (Lipinski definition) is 4. The number of carbonyl (C=O) groups is 1. The molecule has 3 rings (SSSR count). The fourth-order valence-electron chi connectivity index (χ4n) is 3.13. The number of rotatable bonds is 5. The van der Waals surface area contributed by atoms with Gasteiger partial charge in [0.15, 0.2) is 0 Å². The largest absolute Gasteiger partial charge is 0.349 e. The van der Waals surface area contributed by atoms with E-state index in [1.807, 2.05) is 13.0 Å². The molecule has 0 atom stereocenters. The fraction of sp³-hybridized carbons (Fsp3) is 0.350. The molecule has 1 fully saturated rings. The molecule has 6 nitrogen and oxygen atoms in total. The SMILES string of the molecule is Cc1ccc(C)c(S(=O)(=O)Nc2ccc(C(=O)NC3CCNCC3)cc2)c1.Cl. The van der Waals surface area contributed by atoms with E-state index in [9.17, 15) is 13.2 Å². The number of nitrogens with one attached hydrogen (secondary N) is 3. The lowest BCUT2D eigenvalue weighted by molar-refractivity contribution is 0.0929. The van der Waals surface area contributed by atoms with Crippen LogP contribution in [-0.4, -0.2) is 33.5 Å². The van der Waals surface area contributed by atoms with Crippen LogP contribution in [0.4, 0.5) is 5.69 Å². The van der Waals surface area contributed by atoms with Gasteiger partial charge in [0.25, 0.3) is 15.9 Å². The van der Waals surface area contributed by atoms with Crippen molar-refractivity contribution in [2.75, 3.05) is 17.8 Å². The molecule has 1 aliphatic rings. The van der Waals surface area contributed by atoms with Gasteiger partial charge in [-0.3, -0.25) is 9.52 Å². The van der Waals surface area contributed by atoms with Gasteiger partial charge >= 0.3 is 0 Å². The Kier molecular flexibility index (Phi) is 7.46. The van der Waals surface area contributed by atoms with Gasteiger partial charge in [0, 0.05) is 17.3 Å². The third kappa shape index (κ3) is 5.47. The first-order valence-electron chi connectivity index (χ1n) is 9.07. The van der Waals surface area contributed by atoms with E-state index in [1.54, 1.807) is 43.3 Å². The number of carbonyl (C=O) groups excluding carboxylic acids is 1. The zero-order chi connectivity index (χ0) is 19.4. The minimum atomic E-state index is -3.68. The Morgan fingerprint density at radius 2 is 1.68 bits per heavy atom. The highest BCUT2D eigenvalue weighted by molar-refractivity contribution is 7.92. The Labute approximate surface area is 172 Å². The van der Waals surface area contributed by atoms with Crippen LogP contribution in [0.15, 0.2) is 47.4 Å². The first-order valence-corrected chi connectivity index (χ1v) is 10.6. The van der Waals surface area contributed by atoms with E-state index in [4.69, 9.17) is 0 Å². The van der Waals surface area contributed by atoms with Crippen LogP contribution in [-0.2, 0) is 10.0 Å². The normalized spacial score (nSPS) is 14.8. The lowest BCUT2D eigenvalue weighted by Gasteiger charge is -2.23. The average Bonchev–Trinajstić information content (AvgIpc) is 2.64. The Morgan fingerprint density at radius 1 is 1.04 bits per heavy atom. The van der Waals surface area contributed by atoms with Crippen molar-refractivity contribution in [1.29, 1.82) is 0 Å². The van der Waals surface area contributed by atoms with Gasteiger partial charge in [0.2, 0.25) is 0 Å². The number of benzene rings is 2. The molecule has 2 aromatic carbocycles. The Morgan fingerprint density at radius 3 is 2.32 bits per heavy atom. The number of piperidine rings is 1. The van der Waals surface area contributed by atoms with Crippen LogP contribution in [0.1, 0.15) is 34.3 Å². The number of aryl methyl sites for hydroxylation is 2. The van der Waals surface area contributed by atoms with Crippen molar-refractivity contribution in [3.8, 4) is 0 Å². The van der Waals surface area contributed by atoms with Crippen molar-refractivity contribution >= 4 is 34.0 Å². The van der Waals surface area contributed by atoms with Crippen molar-refractivity contribution in [1.82, 2.24) is 10.6 Å². The summed E-state index contributed by atoms with van der Waals surface area (Å²) >= 11 is 0. The highest BCUT2D eigenvalue weighted by Crippen LogP contribution is 2.21. The molecule has 152 valence electrons. The van der Waals surface area contributed by atoms with Crippen molar-refractivity contribution in [3.63, 3.8) is 0 Å². The van der Waals surface area contributed by atoms with Gasteiger partial charge in [-0.1, -0.05) is 12.1 Å². The molecule has 0 radical (unpaired) electrons. The van der Waals surface area contributed by atoms with E-state index >= 15 is 0 Å². The molecule has 0 spiro atoms. The summed E-state index contributed by atoms with van der Waals surface area (Å²) in [6, 6.07) is 12.0. The summed E-state index contributed by atoms with van der Waals surface area (Å²) in [5, 5.41) is 6.29. The second-order valence-corrected chi connectivity index (χ2v) is 8.60. The Hall–Kier alpha value is -2.09. The van der Waals surface area contributed by atoms with Crippen LogP contribution < -0.4 is 15.4 Å². The fourth-order valence-corrected chi connectivity index (χ4v) is 4.52. The maximum atomic E-state index is 12.7. The van der Waals surface area contributed by atoms with Crippen LogP contribution in [0, 0.1) is 13.8 Å². The highest BCUT2D eigenvalue weighted by atomic mass is 35.5. The van der Waals surface area contributed by atoms with E-state index in [0.29, 0.717) is 16.8 Å². The van der Waals surface area contributed by atoms with Gasteiger partial charge < -0.3 is 10.6 Å². The molecule has 0 aliphatic carbocycles. The van der Waals surface area contributed by atoms with E-state index in [0.717, 1.165) is 31.5 Å². The van der Waals surface area contributed by atoms with Gasteiger partial charge in [-0.2, -0.15) is 0 Å². The molecule has 1 saturated heterocycles. The number of sulfonamides is 1. The third-order valence-electron chi connectivity index (χ3n) is 4.71. The summed E-state index contributed by atoms with van der Waals surface area (Å²) < 4.78 is 27.9. The maximum Gasteiger partial charge on any atom is 0.262 e. The lowest BCUT2D eigenvalue weighted by Crippen LogP contribution is -2.42. The maximum absolute atomic E-state index is 12.7. The number of amides is 1.